The quantitative estimate of drug-likeness (QED) is 0.157. The lowest BCUT2D eigenvalue weighted by Gasteiger charge is -2.29. The molecule has 0 aliphatic rings. The Bertz CT molecular complexity index is 3580. The number of aromatic nitrogens is 2. The van der Waals surface area contributed by atoms with E-state index in [9.17, 15) is 0 Å². The van der Waals surface area contributed by atoms with Crippen molar-refractivity contribution in [2.75, 3.05) is 4.90 Å². The molecule has 3 heteroatoms. The minimum Gasteiger partial charge on any atom is -0.309 e. The molecule has 0 spiro atoms. The summed E-state index contributed by atoms with van der Waals surface area (Å²) < 4.78 is 4.80. The van der Waals surface area contributed by atoms with Crippen molar-refractivity contribution in [3.05, 3.63) is 237 Å². The van der Waals surface area contributed by atoms with E-state index in [1.807, 2.05) is 0 Å². The number of benzene rings is 10. The van der Waals surface area contributed by atoms with Gasteiger partial charge in [0.1, 0.15) is 0 Å². The van der Waals surface area contributed by atoms with Crippen LogP contribution >= 0.6 is 0 Å². The Balaban J connectivity index is 1.12. The van der Waals surface area contributed by atoms with Crippen LogP contribution in [0.1, 0.15) is 0 Å². The third kappa shape index (κ3) is 5.66. The fraction of sp³-hybridized carbons (Fsp3) is 0. The number of hydrogen-bond acceptors (Lipinski definition) is 1. The van der Waals surface area contributed by atoms with Crippen LogP contribution in [0.4, 0.5) is 17.1 Å². The van der Waals surface area contributed by atoms with Gasteiger partial charge in [-0.25, -0.2) is 0 Å². The van der Waals surface area contributed by atoms with Gasteiger partial charge in [-0.2, -0.15) is 0 Å². The summed E-state index contributed by atoms with van der Waals surface area (Å²) in [5.74, 6) is 0. The first kappa shape index (κ1) is 34.9. The molecular weight excluding hydrogens is 739 g/mol. The Morgan fingerprint density at radius 3 is 1.54 bits per heavy atom. The van der Waals surface area contributed by atoms with Gasteiger partial charge in [-0.15, -0.1) is 0 Å². The van der Waals surface area contributed by atoms with Gasteiger partial charge in [-0.05, 0) is 100 Å². The van der Waals surface area contributed by atoms with Crippen molar-refractivity contribution >= 4 is 71.4 Å². The van der Waals surface area contributed by atoms with E-state index in [-0.39, 0.29) is 0 Å². The monoisotopic (exact) mass is 777 g/mol. The lowest BCUT2D eigenvalue weighted by atomic mass is 9.96. The molecule has 0 amide bonds. The van der Waals surface area contributed by atoms with E-state index in [2.05, 4.69) is 251 Å². The maximum absolute atomic E-state index is 2.49. The van der Waals surface area contributed by atoms with Crippen LogP contribution in [0.15, 0.2) is 237 Å². The molecule has 0 aliphatic carbocycles. The molecule has 0 unspecified atom stereocenters. The summed E-state index contributed by atoms with van der Waals surface area (Å²) in [6.07, 6.45) is 0. The molecule has 12 rings (SSSR count). The van der Waals surface area contributed by atoms with Crippen LogP contribution in [0.25, 0.3) is 88.0 Å². The van der Waals surface area contributed by atoms with E-state index in [1.54, 1.807) is 0 Å². The van der Waals surface area contributed by atoms with Crippen LogP contribution < -0.4 is 4.90 Å². The van der Waals surface area contributed by atoms with E-state index in [4.69, 9.17) is 0 Å². The Labute approximate surface area is 354 Å². The van der Waals surface area contributed by atoms with Crippen LogP contribution in [0.5, 0.6) is 0 Å². The highest BCUT2D eigenvalue weighted by Gasteiger charge is 2.23. The third-order valence-corrected chi connectivity index (χ3v) is 12.3. The number of hydrogen-bond donors (Lipinski definition) is 0. The molecule has 0 N–H and O–H groups in total. The maximum atomic E-state index is 2.49. The molecule has 12 aromatic rings. The summed E-state index contributed by atoms with van der Waals surface area (Å²) in [6, 6.07) is 86.0. The summed E-state index contributed by atoms with van der Waals surface area (Å²) in [4.78, 5) is 2.49. The van der Waals surface area contributed by atoms with Gasteiger partial charge in [-0.3, -0.25) is 0 Å². The van der Waals surface area contributed by atoms with Crippen molar-refractivity contribution in [3.63, 3.8) is 0 Å². The Morgan fingerprint density at radius 2 is 0.803 bits per heavy atom. The van der Waals surface area contributed by atoms with E-state index < -0.39 is 0 Å². The smallest absolute Gasteiger partial charge is 0.0562 e. The highest BCUT2D eigenvalue weighted by Crippen LogP contribution is 2.47. The molecule has 2 aromatic heterocycles. The number of anilines is 3. The Hall–Kier alpha value is -8.14. The molecular formula is C58H39N3. The van der Waals surface area contributed by atoms with Crippen molar-refractivity contribution < 1.29 is 0 Å². The first-order chi connectivity index (χ1) is 30.3. The minimum absolute atomic E-state index is 1.09. The maximum Gasteiger partial charge on any atom is 0.0562 e. The Morgan fingerprint density at radius 1 is 0.279 bits per heavy atom. The third-order valence-electron chi connectivity index (χ3n) is 12.3. The highest BCUT2D eigenvalue weighted by molar-refractivity contribution is 6.18. The van der Waals surface area contributed by atoms with Crippen LogP contribution in [-0.4, -0.2) is 9.13 Å². The topological polar surface area (TPSA) is 13.1 Å². The minimum atomic E-state index is 1.09. The molecule has 3 nitrogen and oxygen atoms in total. The summed E-state index contributed by atoms with van der Waals surface area (Å²) in [5.41, 5.74) is 15.1. The van der Waals surface area contributed by atoms with Crippen LogP contribution in [-0.2, 0) is 0 Å². The SMILES string of the molecule is c1ccc(-c2ccc(N(c3cccc(-c4ccc5c6ccccc6n(-c6ccccc6)c5c4)c3)c3cccc4c3c3ccccc3n4-c3ccccc3)c3ccccc23)cc1. The Kier molecular flexibility index (Phi) is 8.17. The van der Waals surface area contributed by atoms with Crippen LogP contribution in [0, 0.1) is 0 Å². The molecule has 10 aromatic carbocycles. The normalized spacial score (nSPS) is 11.6. The molecule has 2 heterocycles. The van der Waals surface area contributed by atoms with E-state index in [0.717, 1.165) is 45.1 Å². The van der Waals surface area contributed by atoms with E-state index in [1.165, 1.54) is 60.0 Å². The number of fused-ring (bicyclic) bond motifs is 7. The summed E-state index contributed by atoms with van der Waals surface area (Å²) in [7, 11) is 0. The van der Waals surface area contributed by atoms with Gasteiger partial charge in [0, 0.05) is 44.0 Å². The molecule has 0 fully saturated rings. The van der Waals surface area contributed by atoms with Crippen molar-refractivity contribution in [1.82, 2.24) is 9.13 Å². The predicted molar refractivity (Wildman–Crippen MR) is 258 cm³/mol. The summed E-state index contributed by atoms with van der Waals surface area (Å²) in [6.45, 7) is 0. The number of para-hydroxylation sites is 4. The van der Waals surface area contributed by atoms with Gasteiger partial charge in [0.05, 0.1) is 33.4 Å². The second-order valence-electron chi connectivity index (χ2n) is 15.7. The van der Waals surface area contributed by atoms with Crippen LogP contribution in [0.3, 0.4) is 0 Å². The zero-order valence-electron chi connectivity index (χ0n) is 33.4. The molecule has 0 atom stereocenters. The molecule has 0 saturated heterocycles. The standard InChI is InChI=1S/C58H39N3/c1-4-18-40(19-5-1)46-36-37-54(48-27-11-10-26-47(46)48)61(56-33-17-32-55-58(56)51-29-13-15-31-53(51)59(55)43-21-6-2-7-22-43)45-25-16-20-41(38-45)42-34-35-50-49-28-12-14-30-52(49)60(57(50)39-42)44-23-8-3-9-24-44/h1-39H. The first-order valence-corrected chi connectivity index (χ1v) is 20.9. The number of rotatable bonds is 7. The molecule has 0 saturated carbocycles. The van der Waals surface area contributed by atoms with Gasteiger partial charge in [0.2, 0.25) is 0 Å². The van der Waals surface area contributed by atoms with Gasteiger partial charge in [-0.1, -0.05) is 164 Å². The fourth-order valence-electron chi connectivity index (χ4n) is 9.63. The van der Waals surface area contributed by atoms with Gasteiger partial charge in [0.25, 0.3) is 0 Å². The highest BCUT2D eigenvalue weighted by atomic mass is 15.1. The van der Waals surface area contributed by atoms with Crippen molar-refractivity contribution in [1.29, 1.82) is 0 Å². The summed E-state index contributed by atoms with van der Waals surface area (Å²) >= 11 is 0. The molecule has 286 valence electrons. The largest absolute Gasteiger partial charge is 0.309 e. The molecule has 0 bridgehead atoms. The zero-order valence-corrected chi connectivity index (χ0v) is 33.4. The van der Waals surface area contributed by atoms with Crippen molar-refractivity contribution in [2.45, 2.75) is 0 Å². The molecule has 61 heavy (non-hydrogen) atoms. The lowest BCUT2D eigenvalue weighted by Crippen LogP contribution is -2.11. The van der Waals surface area contributed by atoms with Gasteiger partial charge < -0.3 is 14.0 Å². The average Bonchev–Trinajstić information content (AvgIpc) is 3.86. The van der Waals surface area contributed by atoms with Crippen LogP contribution in [0.2, 0.25) is 0 Å². The fourth-order valence-corrected chi connectivity index (χ4v) is 9.63. The van der Waals surface area contributed by atoms with Crippen molar-refractivity contribution in [2.24, 2.45) is 0 Å². The molecule has 0 radical (unpaired) electrons. The van der Waals surface area contributed by atoms with E-state index in [0.29, 0.717) is 0 Å². The summed E-state index contributed by atoms with van der Waals surface area (Å²) in [5, 5.41) is 7.31. The average molecular weight is 778 g/mol. The molecule has 0 aliphatic heterocycles. The zero-order chi connectivity index (χ0) is 40.3. The number of nitrogens with zero attached hydrogens (tertiary/aromatic N) is 3. The second-order valence-corrected chi connectivity index (χ2v) is 15.7. The van der Waals surface area contributed by atoms with Gasteiger partial charge in [0.15, 0.2) is 0 Å². The van der Waals surface area contributed by atoms with Crippen molar-refractivity contribution in [3.8, 4) is 33.6 Å². The second kappa shape index (κ2) is 14.3. The van der Waals surface area contributed by atoms with Gasteiger partial charge >= 0.3 is 0 Å². The first-order valence-electron chi connectivity index (χ1n) is 20.9. The lowest BCUT2D eigenvalue weighted by molar-refractivity contribution is 1.18. The van der Waals surface area contributed by atoms with E-state index >= 15 is 0 Å². The predicted octanol–water partition coefficient (Wildman–Crippen LogP) is 15.8.